The molecule has 0 saturated heterocycles. The van der Waals surface area contributed by atoms with Crippen molar-refractivity contribution in [1.29, 1.82) is 0 Å². The van der Waals surface area contributed by atoms with Crippen molar-refractivity contribution in [3.63, 3.8) is 0 Å². The molecule has 2 aromatic rings. The number of carboxylic acid groups (broad SMARTS) is 1. The quantitative estimate of drug-likeness (QED) is 0.157. The van der Waals surface area contributed by atoms with Gasteiger partial charge in [0.15, 0.2) is 17.2 Å². The molecule has 0 heterocycles. The summed E-state index contributed by atoms with van der Waals surface area (Å²) < 4.78 is 0.473. The van der Waals surface area contributed by atoms with E-state index in [0.717, 1.165) is 0 Å². The average molecular weight is 745 g/mol. The standard InChI is InChI=1S/C35H42BrN3O10/c1-13(2)16-10-20(39-32(48)38-19-8-7-15(36)9-17(19)31(46)47)25(40)21-18(16)11-33(5)12-34(6)23(14(3)4)27(42)22(30(37)45)28(43)35(34,49)29(44)24(33)26(21)41/h7-10,13-14,22-24,27,29,40,42,44,49H,11-12H2,1-6H3,(H2,37,45)(H,46,47)(H2,38,39,48)/t22-,23+,24-,27?,29?,33-,34-,35+/m1/s1. The van der Waals surface area contributed by atoms with Gasteiger partial charge in [-0.2, -0.15) is 0 Å². The summed E-state index contributed by atoms with van der Waals surface area (Å²) in [5.74, 6) is -9.72. The van der Waals surface area contributed by atoms with Gasteiger partial charge in [0, 0.05) is 9.89 Å². The highest BCUT2D eigenvalue weighted by Crippen LogP contribution is 2.66. The first kappa shape index (κ1) is 36.4. The number of aromatic hydroxyl groups is 1. The number of aliphatic hydroxyl groups is 3. The number of phenols is 1. The van der Waals surface area contributed by atoms with Gasteiger partial charge in [-0.15, -0.1) is 0 Å². The summed E-state index contributed by atoms with van der Waals surface area (Å²) in [4.78, 5) is 65.9. The summed E-state index contributed by atoms with van der Waals surface area (Å²) in [6.45, 7) is 10.6. The van der Waals surface area contributed by atoms with Crippen molar-refractivity contribution in [3.8, 4) is 5.75 Å². The number of rotatable bonds is 6. The smallest absolute Gasteiger partial charge is 0.337 e. The molecule has 0 aromatic heterocycles. The molecular weight excluding hydrogens is 702 g/mol. The monoisotopic (exact) mass is 743 g/mol. The number of nitrogens with one attached hydrogen (secondary N) is 2. The van der Waals surface area contributed by atoms with Crippen molar-refractivity contribution in [2.75, 3.05) is 10.6 Å². The number of primary amides is 1. The van der Waals surface area contributed by atoms with E-state index in [9.17, 15) is 49.5 Å². The number of Topliss-reactive ketones (excluding diaryl/α,β-unsaturated/α-hetero) is 2. The predicted molar refractivity (Wildman–Crippen MR) is 181 cm³/mol. The van der Waals surface area contributed by atoms with Crippen LogP contribution in [-0.4, -0.2) is 72.8 Å². The van der Waals surface area contributed by atoms with Crippen LogP contribution in [0, 0.1) is 34.5 Å². The molecule has 0 spiro atoms. The van der Waals surface area contributed by atoms with Gasteiger partial charge in [0.05, 0.1) is 34.5 Å². The normalized spacial score (nSPS) is 32.3. The van der Waals surface area contributed by atoms with Gasteiger partial charge in [-0.05, 0) is 71.4 Å². The minimum absolute atomic E-state index is 0.000338. The van der Waals surface area contributed by atoms with Gasteiger partial charge in [-0.3, -0.25) is 14.4 Å². The van der Waals surface area contributed by atoms with Crippen LogP contribution in [-0.2, 0) is 16.0 Å². The van der Waals surface area contributed by atoms with Crippen LogP contribution in [0.4, 0.5) is 16.2 Å². The summed E-state index contributed by atoms with van der Waals surface area (Å²) in [5.41, 5.74) is 0.811. The molecule has 2 saturated carbocycles. The Morgan fingerprint density at radius 1 is 1.02 bits per heavy atom. The summed E-state index contributed by atoms with van der Waals surface area (Å²) in [6, 6.07) is 4.85. The Balaban J connectivity index is 1.62. The number of benzene rings is 2. The van der Waals surface area contributed by atoms with Crippen molar-refractivity contribution in [2.24, 2.45) is 40.2 Å². The molecule has 0 bridgehead atoms. The van der Waals surface area contributed by atoms with Gasteiger partial charge < -0.3 is 41.9 Å². The van der Waals surface area contributed by atoms with Crippen molar-refractivity contribution in [3.05, 3.63) is 51.0 Å². The lowest BCUT2D eigenvalue weighted by molar-refractivity contribution is -0.265. The largest absolute Gasteiger partial charge is 0.505 e. The molecule has 264 valence electrons. The third-order valence-corrected chi connectivity index (χ3v) is 11.6. The second kappa shape index (κ2) is 12.2. The zero-order chi connectivity index (χ0) is 36.7. The number of nitrogens with two attached hydrogens (primary N) is 1. The molecule has 0 radical (unpaired) electrons. The topological polar surface area (TPSA) is 237 Å². The number of amides is 3. The van der Waals surface area contributed by atoms with Crippen molar-refractivity contribution < 1.29 is 49.5 Å². The molecule has 2 fully saturated rings. The van der Waals surface area contributed by atoms with Crippen LogP contribution in [0.1, 0.15) is 85.7 Å². The number of hydrogen-bond acceptors (Lipinski definition) is 9. The highest BCUT2D eigenvalue weighted by atomic mass is 79.9. The zero-order valence-corrected chi connectivity index (χ0v) is 29.6. The lowest BCUT2D eigenvalue weighted by Gasteiger charge is -2.66. The Morgan fingerprint density at radius 3 is 2.18 bits per heavy atom. The molecule has 8 atom stereocenters. The van der Waals surface area contributed by atoms with Crippen LogP contribution >= 0.6 is 15.9 Å². The molecular formula is C35H42BrN3O10. The SMILES string of the molecule is CC(C)c1cc(NC(=O)Nc2ccc(Br)cc2C(=O)O)c(O)c2c1C[C@]1(C)C[C@]3(C)[C@@H](C(C)C)C(O)[C@@H](C(N)=O)C(=O)[C@]3(O)C(O)[C@H]1C2=O. The number of anilines is 2. The third-order valence-electron chi connectivity index (χ3n) is 11.1. The third kappa shape index (κ3) is 5.34. The highest BCUT2D eigenvalue weighted by Gasteiger charge is 2.76. The first-order valence-electron chi connectivity index (χ1n) is 16.1. The number of aromatic carboxylic acids is 1. The summed E-state index contributed by atoms with van der Waals surface area (Å²) >= 11 is 3.20. The molecule has 5 rings (SSSR count). The highest BCUT2D eigenvalue weighted by molar-refractivity contribution is 9.10. The summed E-state index contributed by atoms with van der Waals surface area (Å²) in [6.07, 6.45) is -3.45. The minimum Gasteiger partial charge on any atom is -0.505 e. The Hall–Kier alpha value is -3.85. The van der Waals surface area contributed by atoms with E-state index < -0.39 is 81.6 Å². The predicted octanol–water partition coefficient (Wildman–Crippen LogP) is 3.80. The van der Waals surface area contributed by atoms with E-state index in [1.807, 2.05) is 13.8 Å². The van der Waals surface area contributed by atoms with E-state index in [1.54, 1.807) is 27.7 Å². The van der Waals surface area contributed by atoms with Crippen molar-refractivity contribution in [1.82, 2.24) is 0 Å². The minimum atomic E-state index is -2.66. The van der Waals surface area contributed by atoms with Crippen LogP contribution in [0.5, 0.6) is 5.75 Å². The summed E-state index contributed by atoms with van der Waals surface area (Å²) in [7, 11) is 0. The molecule has 3 aliphatic rings. The second-order valence-corrected chi connectivity index (χ2v) is 15.8. The molecule has 9 N–H and O–H groups in total. The summed E-state index contributed by atoms with van der Waals surface area (Å²) in [5, 5.41) is 61.8. The zero-order valence-electron chi connectivity index (χ0n) is 28.0. The second-order valence-electron chi connectivity index (χ2n) is 14.9. The number of halogens is 1. The van der Waals surface area contributed by atoms with Gasteiger partial charge >= 0.3 is 12.0 Å². The van der Waals surface area contributed by atoms with E-state index in [0.29, 0.717) is 15.6 Å². The molecule has 0 aliphatic heterocycles. The number of carboxylic acids is 1. The van der Waals surface area contributed by atoms with Crippen molar-refractivity contribution in [2.45, 2.75) is 78.1 Å². The van der Waals surface area contributed by atoms with E-state index in [1.165, 1.54) is 24.3 Å². The van der Waals surface area contributed by atoms with Gasteiger partial charge in [-0.25, -0.2) is 9.59 Å². The fraction of sp³-hybridized carbons (Fsp3) is 0.514. The van der Waals surface area contributed by atoms with Gasteiger partial charge in [0.2, 0.25) is 5.91 Å². The van der Waals surface area contributed by atoms with Crippen LogP contribution < -0.4 is 16.4 Å². The molecule has 49 heavy (non-hydrogen) atoms. The van der Waals surface area contributed by atoms with Crippen LogP contribution in [0.3, 0.4) is 0 Å². The number of hydrogen-bond donors (Lipinski definition) is 8. The molecule has 2 unspecified atom stereocenters. The maximum Gasteiger partial charge on any atom is 0.337 e. The van der Waals surface area contributed by atoms with Crippen molar-refractivity contribution >= 4 is 56.8 Å². The fourth-order valence-electron chi connectivity index (χ4n) is 9.32. The maximum atomic E-state index is 14.6. The van der Waals surface area contributed by atoms with Gasteiger partial charge in [-0.1, -0.05) is 57.5 Å². The lowest BCUT2D eigenvalue weighted by atomic mass is 9.39. The molecule has 14 heteroatoms. The number of phenolic OH excluding ortho intramolecular Hbond substituents is 1. The number of carbonyl (C=O) groups excluding carboxylic acids is 4. The maximum absolute atomic E-state index is 14.6. The van der Waals surface area contributed by atoms with Gasteiger partial charge in [0.1, 0.15) is 17.8 Å². The molecule has 3 amide bonds. The van der Waals surface area contributed by atoms with Crippen LogP contribution in [0.2, 0.25) is 0 Å². The average Bonchev–Trinajstić information content (AvgIpc) is 2.96. The Morgan fingerprint density at radius 2 is 1.63 bits per heavy atom. The first-order valence-corrected chi connectivity index (χ1v) is 16.9. The number of aliphatic hydroxyl groups excluding tert-OH is 2. The number of fused-ring (bicyclic) bond motifs is 3. The van der Waals surface area contributed by atoms with Gasteiger partial charge in [0.25, 0.3) is 0 Å². The Bertz CT molecular complexity index is 1790. The first-order chi connectivity index (χ1) is 22.6. The number of carbonyl (C=O) groups is 5. The van der Waals surface area contributed by atoms with Crippen LogP contribution in [0.15, 0.2) is 28.7 Å². The van der Waals surface area contributed by atoms with E-state index in [4.69, 9.17) is 5.73 Å². The van der Waals surface area contributed by atoms with Crippen LogP contribution in [0.25, 0.3) is 0 Å². The number of urea groups is 1. The lowest BCUT2D eigenvalue weighted by Crippen LogP contribution is -2.79. The molecule has 3 aliphatic carbocycles. The number of ketones is 2. The molecule has 2 aromatic carbocycles. The van der Waals surface area contributed by atoms with E-state index >= 15 is 0 Å². The fourth-order valence-corrected chi connectivity index (χ4v) is 9.68. The van der Waals surface area contributed by atoms with E-state index in [2.05, 4.69) is 26.6 Å². The Labute approximate surface area is 291 Å². The Kier molecular flexibility index (Phi) is 9.06. The van der Waals surface area contributed by atoms with E-state index in [-0.39, 0.29) is 47.2 Å². The molecule has 13 nitrogen and oxygen atoms in total.